The van der Waals surface area contributed by atoms with Gasteiger partial charge in [0.1, 0.15) is 11.7 Å². The minimum atomic E-state index is -0.375. The molecule has 0 radical (unpaired) electrons. The summed E-state index contributed by atoms with van der Waals surface area (Å²) in [5.74, 6) is -0.0868. The van der Waals surface area contributed by atoms with Crippen LogP contribution in [0.2, 0.25) is 0 Å². The SMILES string of the molecule is C[C@@H]1CN([C@H](C)CO)C(=O)c2cc(C3=CCCCC3)cnc2O[C@H]1CN(C)C(=O)c1ccccc1. The highest BCUT2D eigenvalue weighted by Gasteiger charge is 2.35. The number of aliphatic hydroxyl groups is 1. The number of carbonyl (C=O) groups excluding carboxylic acids is 2. The van der Waals surface area contributed by atoms with E-state index in [1.165, 1.54) is 12.0 Å². The summed E-state index contributed by atoms with van der Waals surface area (Å²) >= 11 is 0. The lowest BCUT2D eigenvalue weighted by molar-refractivity contribution is 0.0313. The molecule has 0 spiro atoms. The number of ether oxygens (including phenoxy) is 1. The molecule has 1 N–H and O–H groups in total. The Labute approximate surface area is 207 Å². The summed E-state index contributed by atoms with van der Waals surface area (Å²) in [5, 5.41) is 9.87. The van der Waals surface area contributed by atoms with E-state index >= 15 is 0 Å². The summed E-state index contributed by atoms with van der Waals surface area (Å²) in [6.45, 7) is 4.46. The Kier molecular flexibility index (Phi) is 7.86. The molecule has 2 aliphatic rings. The van der Waals surface area contributed by atoms with E-state index in [0.717, 1.165) is 24.8 Å². The van der Waals surface area contributed by atoms with Crippen LogP contribution in [0.25, 0.3) is 5.57 Å². The number of allylic oxidation sites excluding steroid dienone is 2. The number of fused-ring (bicyclic) bond motifs is 1. The van der Waals surface area contributed by atoms with Crippen molar-refractivity contribution < 1.29 is 19.4 Å². The second-order valence-corrected chi connectivity index (χ2v) is 9.73. The molecule has 2 amide bonds. The second-order valence-electron chi connectivity index (χ2n) is 9.73. The van der Waals surface area contributed by atoms with Gasteiger partial charge in [-0.15, -0.1) is 0 Å². The Morgan fingerprint density at radius 3 is 2.74 bits per heavy atom. The third-order valence-electron chi connectivity index (χ3n) is 7.00. The maximum Gasteiger partial charge on any atom is 0.259 e. The average molecular weight is 478 g/mol. The summed E-state index contributed by atoms with van der Waals surface area (Å²) in [6.07, 6.45) is 7.95. The Morgan fingerprint density at radius 2 is 2.06 bits per heavy atom. The zero-order valence-corrected chi connectivity index (χ0v) is 20.8. The van der Waals surface area contributed by atoms with Crippen molar-refractivity contribution in [1.82, 2.24) is 14.8 Å². The number of hydrogen-bond acceptors (Lipinski definition) is 5. The van der Waals surface area contributed by atoms with Crippen molar-refractivity contribution in [2.45, 2.75) is 51.7 Å². The van der Waals surface area contributed by atoms with Crippen molar-refractivity contribution in [3.8, 4) is 5.88 Å². The minimum Gasteiger partial charge on any atom is -0.472 e. The molecule has 186 valence electrons. The molecule has 0 bridgehead atoms. The van der Waals surface area contributed by atoms with Crippen molar-refractivity contribution in [3.63, 3.8) is 0 Å². The van der Waals surface area contributed by atoms with Gasteiger partial charge in [-0.05, 0) is 61.9 Å². The zero-order chi connectivity index (χ0) is 24.9. The molecule has 0 saturated heterocycles. The zero-order valence-electron chi connectivity index (χ0n) is 20.8. The number of hydrogen-bond donors (Lipinski definition) is 1. The number of likely N-dealkylation sites (N-methyl/N-ethyl adjacent to an activating group) is 1. The molecular formula is C28H35N3O4. The number of amides is 2. The fourth-order valence-corrected chi connectivity index (χ4v) is 4.75. The summed E-state index contributed by atoms with van der Waals surface area (Å²) < 4.78 is 6.35. The standard InChI is InChI=1S/C28H35N3O4/c1-19-16-31(20(2)18-32)28(34)24-14-23(21-10-6-4-7-11-21)15-29-26(24)35-25(19)17-30(3)27(33)22-12-8-5-9-13-22/h5,8-10,12-15,19-20,25,32H,4,6-7,11,16-18H2,1-3H3/t19-,20-,25+/m1/s1. The van der Waals surface area contributed by atoms with Gasteiger partial charge in [-0.25, -0.2) is 4.98 Å². The Bertz CT molecular complexity index is 1080. The summed E-state index contributed by atoms with van der Waals surface area (Å²) in [5.41, 5.74) is 3.17. The van der Waals surface area contributed by atoms with Crippen molar-refractivity contribution in [1.29, 1.82) is 0 Å². The van der Waals surface area contributed by atoms with E-state index in [1.807, 2.05) is 38.1 Å². The van der Waals surface area contributed by atoms with Crippen molar-refractivity contribution >= 4 is 17.4 Å². The summed E-state index contributed by atoms with van der Waals surface area (Å²) in [7, 11) is 1.76. The molecule has 2 aromatic rings. The maximum atomic E-state index is 13.6. The smallest absolute Gasteiger partial charge is 0.259 e. The van der Waals surface area contributed by atoms with Crippen LogP contribution in [-0.2, 0) is 0 Å². The van der Waals surface area contributed by atoms with Crippen LogP contribution in [0.3, 0.4) is 0 Å². The third-order valence-corrected chi connectivity index (χ3v) is 7.00. The summed E-state index contributed by atoms with van der Waals surface area (Å²) in [4.78, 5) is 34.5. The molecule has 3 atom stereocenters. The van der Waals surface area contributed by atoms with Gasteiger partial charge in [0.2, 0.25) is 5.88 Å². The lowest BCUT2D eigenvalue weighted by Crippen LogP contribution is -2.50. The highest BCUT2D eigenvalue weighted by atomic mass is 16.5. The van der Waals surface area contributed by atoms with E-state index in [1.54, 1.807) is 35.2 Å². The molecule has 7 nitrogen and oxygen atoms in total. The first kappa shape index (κ1) is 24.9. The first-order valence-electron chi connectivity index (χ1n) is 12.5. The fourth-order valence-electron chi connectivity index (χ4n) is 4.75. The molecular weight excluding hydrogens is 442 g/mol. The van der Waals surface area contributed by atoms with Crippen LogP contribution in [0.4, 0.5) is 0 Å². The first-order valence-corrected chi connectivity index (χ1v) is 12.5. The Balaban J connectivity index is 1.66. The van der Waals surface area contributed by atoms with Gasteiger partial charge in [-0.2, -0.15) is 0 Å². The van der Waals surface area contributed by atoms with E-state index < -0.39 is 0 Å². The topological polar surface area (TPSA) is 83.0 Å². The predicted octanol–water partition coefficient (Wildman–Crippen LogP) is 4.03. The van der Waals surface area contributed by atoms with Crippen LogP contribution < -0.4 is 4.74 Å². The van der Waals surface area contributed by atoms with E-state index in [9.17, 15) is 14.7 Å². The molecule has 35 heavy (non-hydrogen) atoms. The van der Waals surface area contributed by atoms with Gasteiger partial charge >= 0.3 is 0 Å². The van der Waals surface area contributed by atoms with Gasteiger partial charge in [0.05, 0.1) is 19.2 Å². The van der Waals surface area contributed by atoms with Crippen LogP contribution >= 0.6 is 0 Å². The highest BCUT2D eigenvalue weighted by molar-refractivity contribution is 5.97. The van der Waals surface area contributed by atoms with Crippen molar-refractivity contribution in [2.24, 2.45) is 5.92 Å². The molecule has 4 rings (SSSR count). The number of benzene rings is 1. The van der Waals surface area contributed by atoms with E-state index in [4.69, 9.17) is 4.74 Å². The molecule has 0 fully saturated rings. The van der Waals surface area contributed by atoms with Crippen LogP contribution in [0.5, 0.6) is 5.88 Å². The van der Waals surface area contributed by atoms with Gasteiger partial charge < -0.3 is 19.6 Å². The Morgan fingerprint density at radius 1 is 1.29 bits per heavy atom. The number of aromatic nitrogens is 1. The molecule has 1 aromatic carbocycles. The largest absolute Gasteiger partial charge is 0.472 e. The van der Waals surface area contributed by atoms with Crippen molar-refractivity contribution in [2.75, 3.05) is 26.7 Å². The second kappa shape index (κ2) is 11.0. The van der Waals surface area contributed by atoms with Gasteiger partial charge in [-0.1, -0.05) is 31.2 Å². The van der Waals surface area contributed by atoms with Crippen LogP contribution in [0, 0.1) is 5.92 Å². The van der Waals surface area contributed by atoms with Gasteiger partial charge in [0, 0.05) is 31.3 Å². The van der Waals surface area contributed by atoms with Gasteiger partial charge in [0.25, 0.3) is 11.8 Å². The molecule has 2 heterocycles. The lowest BCUT2D eigenvalue weighted by atomic mass is 9.93. The first-order chi connectivity index (χ1) is 16.9. The number of rotatable bonds is 6. The molecule has 0 saturated carbocycles. The fraction of sp³-hybridized carbons (Fsp3) is 0.464. The minimum absolute atomic E-state index is 0.0883. The van der Waals surface area contributed by atoms with Gasteiger partial charge in [-0.3, -0.25) is 9.59 Å². The Hall–Kier alpha value is -3.19. The number of aliphatic hydroxyl groups excluding tert-OH is 1. The molecule has 7 heteroatoms. The van der Waals surface area contributed by atoms with Crippen LogP contribution in [0.15, 0.2) is 48.7 Å². The van der Waals surface area contributed by atoms with E-state index in [2.05, 4.69) is 11.1 Å². The summed E-state index contributed by atoms with van der Waals surface area (Å²) in [6, 6.07) is 10.7. The van der Waals surface area contributed by atoms with Crippen LogP contribution in [-0.4, -0.2) is 70.6 Å². The van der Waals surface area contributed by atoms with Crippen molar-refractivity contribution in [3.05, 3.63) is 65.4 Å². The monoisotopic (exact) mass is 477 g/mol. The molecule has 1 aliphatic heterocycles. The van der Waals surface area contributed by atoms with Gasteiger partial charge in [0.15, 0.2) is 0 Å². The number of nitrogens with zero attached hydrogens (tertiary/aromatic N) is 3. The maximum absolute atomic E-state index is 13.6. The van der Waals surface area contributed by atoms with Crippen LogP contribution in [0.1, 0.15) is 65.8 Å². The predicted molar refractivity (Wildman–Crippen MR) is 135 cm³/mol. The van der Waals surface area contributed by atoms with E-state index in [0.29, 0.717) is 24.2 Å². The number of carbonyl (C=O) groups is 2. The quantitative estimate of drug-likeness (QED) is 0.679. The molecule has 1 aromatic heterocycles. The highest BCUT2D eigenvalue weighted by Crippen LogP contribution is 2.32. The normalized spacial score (nSPS) is 21.2. The molecule has 0 unspecified atom stereocenters. The average Bonchev–Trinajstić information content (AvgIpc) is 2.90. The lowest BCUT2D eigenvalue weighted by Gasteiger charge is -2.37. The number of pyridine rings is 1. The van der Waals surface area contributed by atoms with E-state index in [-0.39, 0.29) is 42.4 Å². The third kappa shape index (κ3) is 5.56. The molecule has 1 aliphatic carbocycles.